The first-order valence-corrected chi connectivity index (χ1v) is 3.90. The second-order valence-electron chi connectivity index (χ2n) is 2.75. The van der Waals surface area contributed by atoms with Crippen molar-refractivity contribution in [1.82, 2.24) is 0 Å². The minimum atomic E-state index is -0.145. The van der Waals surface area contributed by atoms with Crippen molar-refractivity contribution in [2.75, 3.05) is 11.1 Å². The number of benzene rings is 1. The molecule has 1 aromatic rings. The van der Waals surface area contributed by atoms with Crippen LogP contribution in [-0.4, -0.2) is 11.0 Å². The first kappa shape index (κ1) is 9.54. The zero-order valence-corrected chi connectivity index (χ0v) is 7.37. The highest BCUT2D eigenvalue weighted by atomic mass is 16.3. The minimum Gasteiger partial charge on any atom is -0.398 e. The number of rotatable bonds is 2. The fourth-order valence-electron chi connectivity index (χ4n) is 1.02. The maximum atomic E-state index is 10.7. The largest absolute Gasteiger partial charge is 0.398 e. The van der Waals surface area contributed by atoms with Gasteiger partial charge in [-0.15, -0.1) is 0 Å². The number of hydrogen-bond acceptors (Lipinski definition) is 3. The van der Waals surface area contributed by atoms with Crippen molar-refractivity contribution in [3.8, 4) is 0 Å². The molecule has 0 bridgehead atoms. The fourth-order valence-corrected chi connectivity index (χ4v) is 1.02. The lowest BCUT2D eigenvalue weighted by Crippen LogP contribution is -2.06. The van der Waals surface area contributed by atoms with Crippen molar-refractivity contribution in [2.45, 2.75) is 13.5 Å². The van der Waals surface area contributed by atoms with Gasteiger partial charge in [0.1, 0.15) is 0 Å². The molecule has 1 aromatic carbocycles. The number of amides is 1. The van der Waals surface area contributed by atoms with E-state index in [9.17, 15) is 4.79 Å². The van der Waals surface area contributed by atoms with Gasteiger partial charge in [0.25, 0.3) is 0 Å². The van der Waals surface area contributed by atoms with Crippen LogP contribution in [0.5, 0.6) is 0 Å². The molecule has 0 fully saturated rings. The Morgan fingerprint density at radius 3 is 2.85 bits per heavy atom. The third kappa shape index (κ3) is 2.45. The van der Waals surface area contributed by atoms with Gasteiger partial charge in [0, 0.05) is 23.9 Å². The molecule has 0 saturated carbocycles. The highest BCUT2D eigenvalue weighted by Crippen LogP contribution is 2.17. The van der Waals surface area contributed by atoms with Crippen LogP contribution in [0.15, 0.2) is 18.2 Å². The Kier molecular flexibility index (Phi) is 2.87. The van der Waals surface area contributed by atoms with Gasteiger partial charge in [-0.05, 0) is 18.2 Å². The molecule has 70 valence electrons. The lowest BCUT2D eigenvalue weighted by atomic mass is 10.1. The number of nitrogen functional groups attached to an aromatic ring is 1. The summed E-state index contributed by atoms with van der Waals surface area (Å²) >= 11 is 0. The number of aliphatic hydroxyl groups is 1. The van der Waals surface area contributed by atoms with Crippen LogP contribution < -0.4 is 11.1 Å². The molecular weight excluding hydrogens is 168 g/mol. The quantitative estimate of drug-likeness (QED) is 0.587. The summed E-state index contributed by atoms with van der Waals surface area (Å²) in [7, 11) is 0. The molecule has 1 amide bonds. The molecule has 0 heterocycles. The van der Waals surface area contributed by atoms with Gasteiger partial charge in [0.2, 0.25) is 5.91 Å². The van der Waals surface area contributed by atoms with E-state index in [-0.39, 0.29) is 12.5 Å². The second-order valence-corrected chi connectivity index (χ2v) is 2.75. The standard InChI is InChI=1S/C9H12N2O2/c1-6(13)11-8-2-3-9(10)7(4-8)5-12/h2-4,12H,5,10H2,1H3,(H,11,13). The van der Waals surface area contributed by atoms with Gasteiger partial charge in [-0.25, -0.2) is 0 Å². The molecule has 0 aliphatic heterocycles. The van der Waals surface area contributed by atoms with E-state index in [4.69, 9.17) is 10.8 Å². The minimum absolute atomic E-state index is 0.126. The predicted molar refractivity (Wildman–Crippen MR) is 51.1 cm³/mol. The van der Waals surface area contributed by atoms with Crippen molar-refractivity contribution < 1.29 is 9.90 Å². The molecule has 0 aliphatic carbocycles. The van der Waals surface area contributed by atoms with E-state index in [2.05, 4.69) is 5.32 Å². The van der Waals surface area contributed by atoms with E-state index >= 15 is 0 Å². The highest BCUT2D eigenvalue weighted by Gasteiger charge is 2.00. The summed E-state index contributed by atoms with van der Waals surface area (Å²) in [5, 5.41) is 11.5. The first-order chi connectivity index (χ1) is 6.13. The van der Waals surface area contributed by atoms with E-state index in [0.717, 1.165) is 0 Å². The van der Waals surface area contributed by atoms with Crippen LogP contribution in [0, 0.1) is 0 Å². The number of carbonyl (C=O) groups is 1. The zero-order chi connectivity index (χ0) is 9.84. The van der Waals surface area contributed by atoms with E-state index in [0.29, 0.717) is 16.9 Å². The van der Waals surface area contributed by atoms with E-state index in [1.165, 1.54) is 6.92 Å². The molecule has 4 nitrogen and oxygen atoms in total. The monoisotopic (exact) mass is 180 g/mol. The normalized spacial score (nSPS) is 9.69. The highest BCUT2D eigenvalue weighted by molar-refractivity contribution is 5.89. The average molecular weight is 180 g/mol. The summed E-state index contributed by atoms with van der Waals surface area (Å²) in [6.45, 7) is 1.30. The smallest absolute Gasteiger partial charge is 0.221 e. The van der Waals surface area contributed by atoms with Crippen LogP contribution in [0.3, 0.4) is 0 Å². The molecule has 0 atom stereocenters. The van der Waals surface area contributed by atoms with Gasteiger partial charge in [-0.3, -0.25) is 4.79 Å². The molecule has 4 heteroatoms. The summed E-state index contributed by atoms with van der Waals surface area (Å²) in [6, 6.07) is 4.99. The number of anilines is 2. The van der Waals surface area contributed by atoms with Crippen molar-refractivity contribution in [3.63, 3.8) is 0 Å². The van der Waals surface area contributed by atoms with Crippen LogP contribution >= 0.6 is 0 Å². The van der Waals surface area contributed by atoms with Crippen molar-refractivity contribution in [2.24, 2.45) is 0 Å². The zero-order valence-electron chi connectivity index (χ0n) is 7.37. The van der Waals surface area contributed by atoms with Crippen LogP contribution in [-0.2, 0) is 11.4 Å². The van der Waals surface area contributed by atoms with Gasteiger partial charge in [0.15, 0.2) is 0 Å². The number of aliphatic hydroxyl groups excluding tert-OH is 1. The van der Waals surface area contributed by atoms with Gasteiger partial charge < -0.3 is 16.2 Å². The Hall–Kier alpha value is -1.55. The van der Waals surface area contributed by atoms with Crippen LogP contribution in [0.4, 0.5) is 11.4 Å². The van der Waals surface area contributed by atoms with Crippen molar-refractivity contribution >= 4 is 17.3 Å². The third-order valence-electron chi connectivity index (χ3n) is 1.63. The summed E-state index contributed by atoms with van der Waals surface area (Å²) < 4.78 is 0. The van der Waals surface area contributed by atoms with Crippen LogP contribution in [0.1, 0.15) is 12.5 Å². The molecule has 0 radical (unpaired) electrons. The SMILES string of the molecule is CC(=O)Nc1ccc(N)c(CO)c1. The molecule has 1 rings (SSSR count). The number of nitrogens with one attached hydrogen (secondary N) is 1. The molecule has 0 saturated heterocycles. The van der Waals surface area contributed by atoms with Crippen LogP contribution in [0.2, 0.25) is 0 Å². The number of nitrogens with two attached hydrogens (primary N) is 1. The summed E-state index contributed by atoms with van der Waals surface area (Å²) in [5.74, 6) is -0.145. The molecular formula is C9H12N2O2. The number of hydrogen-bond donors (Lipinski definition) is 3. The predicted octanol–water partition coefficient (Wildman–Crippen LogP) is 0.720. The maximum absolute atomic E-state index is 10.7. The number of carbonyl (C=O) groups excluding carboxylic acids is 1. The van der Waals surface area contributed by atoms with E-state index < -0.39 is 0 Å². The third-order valence-corrected chi connectivity index (χ3v) is 1.63. The lowest BCUT2D eigenvalue weighted by Gasteiger charge is -2.06. The molecule has 0 spiro atoms. The fraction of sp³-hybridized carbons (Fsp3) is 0.222. The van der Waals surface area contributed by atoms with Gasteiger partial charge >= 0.3 is 0 Å². The summed E-state index contributed by atoms with van der Waals surface area (Å²) in [6.07, 6.45) is 0. The Morgan fingerprint density at radius 2 is 2.31 bits per heavy atom. The maximum Gasteiger partial charge on any atom is 0.221 e. The Bertz CT molecular complexity index is 323. The topological polar surface area (TPSA) is 75.4 Å². The second kappa shape index (κ2) is 3.91. The van der Waals surface area contributed by atoms with Gasteiger partial charge in [-0.1, -0.05) is 0 Å². The Morgan fingerprint density at radius 1 is 1.62 bits per heavy atom. The first-order valence-electron chi connectivity index (χ1n) is 3.90. The van der Waals surface area contributed by atoms with Gasteiger partial charge in [-0.2, -0.15) is 0 Å². The summed E-state index contributed by atoms with van der Waals surface area (Å²) in [4.78, 5) is 10.7. The Balaban J connectivity index is 2.92. The Labute approximate surface area is 76.4 Å². The summed E-state index contributed by atoms with van der Waals surface area (Å²) in [5.41, 5.74) is 7.34. The van der Waals surface area contributed by atoms with E-state index in [1.54, 1.807) is 18.2 Å². The van der Waals surface area contributed by atoms with Gasteiger partial charge in [0.05, 0.1) is 6.61 Å². The van der Waals surface area contributed by atoms with E-state index in [1.807, 2.05) is 0 Å². The molecule has 0 aromatic heterocycles. The molecule has 0 unspecified atom stereocenters. The van der Waals surface area contributed by atoms with Crippen molar-refractivity contribution in [1.29, 1.82) is 0 Å². The lowest BCUT2D eigenvalue weighted by molar-refractivity contribution is -0.114. The average Bonchev–Trinajstić information content (AvgIpc) is 2.07. The van der Waals surface area contributed by atoms with Crippen LogP contribution in [0.25, 0.3) is 0 Å². The van der Waals surface area contributed by atoms with Crippen molar-refractivity contribution in [3.05, 3.63) is 23.8 Å². The molecule has 4 N–H and O–H groups in total. The molecule has 0 aliphatic rings. The molecule has 13 heavy (non-hydrogen) atoms.